The van der Waals surface area contributed by atoms with Crippen molar-refractivity contribution < 1.29 is 14.3 Å². The minimum atomic E-state index is -0.891. The van der Waals surface area contributed by atoms with Crippen LogP contribution in [0.15, 0.2) is 24.3 Å². The van der Waals surface area contributed by atoms with E-state index < -0.39 is 18.1 Å². The molecule has 0 bridgehead atoms. The molecule has 2 amide bonds. The first kappa shape index (κ1) is 12.4. The molecule has 0 saturated heterocycles. The van der Waals surface area contributed by atoms with Gasteiger partial charge in [0.25, 0.3) is 5.91 Å². The van der Waals surface area contributed by atoms with E-state index in [-0.39, 0.29) is 12.3 Å². The largest absolute Gasteiger partial charge is 0.478 e. The lowest BCUT2D eigenvalue weighted by Gasteiger charge is -2.32. The molecule has 0 fully saturated rings. The van der Waals surface area contributed by atoms with Crippen LogP contribution in [0, 0.1) is 0 Å². The summed E-state index contributed by atoms with van der Waals surface area (Å²) in [5, 5.41) is 0. The number of amides is 2. The summed E-state index contributed by atoms with van der Waals surface area (Å²) in [6.07, 6.45) is -0.695. The van der Waals surface area contributed by atoms with Crippen molar-refractivity contribution >= 4 is 17.5 Å². The third-order valence-corrected chi connectivity index (χ3v) is 2.94. The molecule has 0 aliphatic carbocycles. The first-order valence-corrected chi connectivity index (χ1v) is 5.59. The number of rotatable bonds is 3. The second-order valence-corrected chi connectivity index (χ2v) is 4.22. The second-order valence-electron chi connectivity index (χ2n) is 4.22. The van der Waals surface area contributed by atoms with Gasteiger partial charge in [0, 0.05) is 13.5 Å². The highest BCUT2D eigenvalue weighted by molar-refractivity contribution is 5.99. The van der Waals surface area contributed by atoms with E-state index in [1.54, 1.807) is 19.2 Å². The van der Waals surface area contributed by atoms with Crippen LogP contribution in [0.3, 0.4) is 0 Å². The van der Waals surface area contributed by atoms with E-state index in [9.17, 15) is 9.59 Å². The maximum Gasteiger partial charge on any atom is 0.267 e. The number of likely N-dealkylation sites (N-methyl/N-ethyl adjacent to an activating group) is 1. The average molecular weight is 249 g/mol. The van der Waals surface area contributed by atoms with Crippen molar-refractivity contribution in [3.05, 3.63) is 24.3 Å². The van der Waals surface area contributed by atoms with Gasteiger partial charge in [0.15, 0.2) is 6.10 Å². The van der Waals surface area contributed by atoms with Crippen molar-refractivity contribution in [3.63, 3.8) is 0 Å². The number of fused-ring (bicyclic) bond motifs is 1. The summed E-state index contributed by atoms with van der Waals surface area (Å²) >= 11 is 0. The monoisotopic (exact) mass is 249 g/mol. The van der Waals surface area contributed by atoms with Crippen molar-refractivity contribution in [2.45, 2.75) is 18.6 Å². The lowest BCUT2D eigenvalue weighted by molar-refractivity contribution is -0.127. The number of benzene rings is 1. The number of ether oxygens (including phenoxy) is 1. The Labute approximate surface area is 104 Å². The Hall–Kier alpha value is -2.08. The SMILES string of the molecule is CN1C(=O)[C@H](C[C@H](N)C(N)=O)Oc2ccccc21. The first-order chi connectivity index (χ1) is 8.50. The summed E-state index contributed by atoms with van der Waals surface area (Å²) in [7, 11) is 1.66. The average Bonchev–Trinajstić information content (AvgIpc) is 2.35. The van der Waals surface area contributed by atoms with E-state index in [1.165, 1.54) is 4.90 Å². The lowest BCUT2D eigenvalue weighted by Crippen LogP contribution is -2.49. The molecule has 0 radical (unpaired) electrons. The molecule has 0 saturated carbocycles. The molecule has 2 atom stereocenters. The number of anilines is 1. The predicted molar refractivity (Wildman–Crippen MR) is 66.1 cm³/mol. The van der Waals surface area contributed by atoms with Crippen LogP contribution in [0.2, 0.25) is 0 Å². The van der Waals surface area contributed by atoms with Gasteiger partial charge in [0.05, 0.1) is 11.7 Å². The number of para-hydroxylation sites is 2. The fraction of sp³-hybridized carbons (Fsp3) is 0.333. The van der Waals surface area contributed by atoms with E-state index in [0.29, 0.717) is 11.4 Å². The van der Waals surface area contributed by atoms with Crippen molar-refractivity contribution in [2.75, 3.05) is 11.9 Å². The molecule has 1 aliphatic heterocycles. The summed E-state index contributed by atoms with van der Waals surface area (Å²) in [4.78, 5) is 24.5. The van der Waals surface area contributed by atoms with Gasteiger partial charge in [0.1, 0.15) is 5.75 Å². The van der Waals surface area contributed by atoms with Crippen LogP contribution >= 0.6 is 0 Å². The highest BCUT2D eigenvalue weighted by Crippen LogP contribution is 2.33. The number of hydrogen-bond donors (Lipinski definition) is 2. The zero-order valence-corrected chi connectivity index (χ0v) is 10.00. The van der Waals surface area contributed by atoms with Crippen LogP contribution in [0.4, 0.5) is 5.69 Å². The van der Waals surface area contributed by atoms with Gasteiger partial charge in [-0.1, -0.05) is 12.1 Å². The molecular weight excluding hydrogens is 234 g/mol. The Kier molecular flexibility index (Phi) is 3.20. The molecule has 4 N–H and O–H groups in total. The quantitative estimate of drug-likeness (QED) is 0.762. The fourth-order valence-electron chi connectivity index (χ4n) is 1.87. The van der Waals surface area contributed by atoms with E-state index in [4.69, 9.17) is 16.2 Å². The summed E-state index contributed by atoms with van der Waals surface area (Å²) in [6.45, 7) is 0. The Balaban J connectivity index is 2.22. The molecule has 18 heavy (non-hydrogen) atoms. The van der Waals surface area contributed by atoms with Crippen LogP contribution in [-0.4, -0.2) is 31.0 Å². The van der Waals surface area contributed by atoms with Crippen molar-refractivity contribution in [2.24, 2.45) is 11.5 Å². The highest BCUT2D eigenvalue weighted by Gasteiger charge is 2.34. The van der Waals surface area contributed by atoms with E-state index >= 15 is 0 Å². The number of primary amides is 1. The maximum absolute atomic E-state index is 12.0. The van der Waals surface area contributed by atoms with Gasteiger partial charge < -0.3 is 21.1 Å². The van der Waals surface area contributed by atoms with Gasteiger partial charge in [-0.2, -0.15) is 0 Å². The second kappa shape index (κ2) is 4.66. The molecule has 0 spiro atoms. The van der Waals surface area contributed by atoms with Crippen LogP contribution in [0.25, 0.3) is 0 Å². The number of nitrogens with zero attached hydrogens (tertiary/aromatic N) is 1. The number of nitrogens with two attached hydrogens (primary N) is 2. The van der Waals surface area contributed by atoms with Gasteiger partial charge in [-0.15, -0.1) is 0 Å². The molecule has 1 aromatic rings. The molecule has 0 aromatic heterocycles. The maximum atomic E-state index is 12.0. The zero-order chi connectivity index (χ0) is 13.3. The standard InChI is InChI=1S/C12H15N3O3/c1-15-8-4-2-3-5-9(8)18-10(12(15)17)6-7(13)11(14)16/h2-5,7,10H,6,13H2,1H3,(H2,14,16)/t7-,10-/m0/s1. The minimum Gasteiger partial charge on any atom is -0.478 e. The Morgan fingerprint density at radius 3 is 2.83 bits per heavy atom. The minimum absolute atomic E-state index is 0.0762. The smallest absolute Gasteiger partial charge is 0.267 e. The Morgan fingerprint density at radius 2 is 2.17 bits per heavy atom. The Morgan fingerprint density at radius 1 is 1.50 bits per heavy atom. The van der Waals surface area contributed by atoms with Crippen LogP contribution in [0.5, 0.6) is 5.75 Å². The van der Waals surface area contributed by atoms with Gasteiger partial charge in [-0.3, -0.25) is 9.59 Å². The third kappa shape index (κ3) is 2.14. The summed E-state index contributed by atoms with van der Waals surface area (Å²) in [5.74, 6) is -0.278. The van der Waals surface area contributed by atoms with Crippen molar-refractivity contribution in [1.82, 2.24) is 0 Å². The van der Waals surface area contributed by atoms with Crippen LogP contribution in [0.1, 0.15) is 6.42 Å². The third-order valence-electron chi connectivity index (χ3n) is 2.94. The van der Waals surface area contributed by atoms with E-state index in [1.807, 2.05) is 12.1 Å². The molecule has 1 aliphatic rings. The van der Waals surface area contributed by atoms with Crippen molar-refractivity contribution in [1.29, 1.82) is 0 Å². The van der Waals surface area contributed by atoms with Gasteiger partial charge in [-0.05, 0) is 12.1 Å². The fourth-order valence-corrected chi connectivity index (χ4v) is 1.87. The number of carbonyl (C=O) groups is 2. The van der Waals surface area contributed by atoms with E-state index in [0.717, 1.165) is 0 Å². The normalized spacial score (nSPS) is 20.0. The summed E-state index contributed by atoms with van der Waals surface area (Å²) in [6, 6.07) is 6.30. The zero-order valence-electron chi connectivity index (χ0n) is 10.00. The van der Waals surface area contributed by atoms with Crippen LogP contribution < -0.4 is 21.1 Å². The highest BCUT2D eigenvalue weighted by atomic mass is 16.5. The molecule has 96 valence electrons. The molecule has 1 aromatic carbocycles. The molecular formula is C12H15N3O3. The molecule has 0 unspecified atom stereocenters. The molecule has 1 heterocycles. The van der Waals surface area contributed by atoms with Crippen LogP contribution in [-0.2, 0) is 9.59 Å². The van der Waals surface area contributed by atoms with Gasteiger partial charge in [0.2, 0.25) is 5.91 Å². The van der Waals surface area contributed by atoms with E-state index in [2.05, 4.69) is 0 Å². The molecule has 6 nitrogen and oxygen atoms in total. The van der Waals surface area contributed by atoms with Gasteiger partial charge >= 0.3 is 0 Å². The Bertz CT molecular complexity index is 489. The lowest BCUT2D eigenvalue weighted by atomic mass is 10.1. The topological polar surface area (TPSA) is 98.6 Å². The van der Waals surface area contributed by atoms with Crippen molar-refractivity contribution in [3.8, 4) is 5.75 Å². The summed E-state index contributed by atoms with van der Waals surface area (Å²) < 4.78 is 5.56. The number of carbonyl (C=O) groups excluding carboxylic acids is 2. The first-order valence-electron chi connectivity index (χ1n) is 5.59. The summed E-state index contributed by atoms with van der Waals surface area (Å²) in [5.41, 5.74) is 11.3. The van der Waals surface area contributed by atoms with Gasteiger partial charge in [-0.25, -0.2) is 0 Å². The molecule has 2 rings (SSSR count). The molecule has 6 heteroatoms. The predicted octanol–water partition coefficient (Wildman–Crippen LogP) is -0.387. The number of hydrogen-bond acceptors (Lipinski definition) is 4.